The van der Waals surface area contributed by atoms with E-state index in [2.05, 4.69) is 4.98 Å². The van der Waals surface area contributed by atoms with Crippen molar-refractivity contribution in [3.05, 3.63) is 51.4 Å². The number of pyridine rings is 1. The molecule has 0 aliphatic rings. The summed E-state index contributed by atoms with van der Waals surface area (Å²) < 4.78 is 6.43. The third-order valence-corrected chi connectivity index (χ3v) is 5.12. The molecule has 1 aromatic carbocycles. The Morgan fingerprint density at radius 1 is 1.17 bits per heavy atom. The third-order valence-electron chi connectivity index (χ3n) is 4.04. The average molecular weight is 473 g/mol. The molecule has 160 valence electrons. The molecular formula is C20H20Cl3N3O4. The van der Waals surface area contributed by atoms with Gasteiger partial charge in [-0.25, -0.2) is 9.78 Å². The Balaban J connectivity index is 0.000000469. The molecule has 2 heterocycles. The lowest BCUT2D eigenvalue weighted by Crippen LogP contribution is -2.17. The van der Waals surface area contributed by atoms with Crippen LogP contribution in [0.2, 0.25) is 15.3 Å². The van der Waals surface area contributed by atoms with Crippen LogP contribution in [0.15, 0.2) is 30.3 Å². The van der Waals surface area contributed by atoms with Crippen LogP contribution in [0.4, 0.5) is 0 Å². The van der Waals surface area contributed by atoms with E-state index in [-0.39, 0.29) is 38.9 Å². The summed E-state index contributed by atoms with van der Waals surface area (Å²) in [6.07, 6.45) is 0. The summed E-state index contributed by atoms with van der Waals surface area (Å²) in [5.74, 6) is -1.12. The van der Waals surface area contributed by atoms with Crippen molar-refractivity contribution in [2.24, 2.45) is 0 Å². The van der Waals surface area contributed by atoms with E-state index in [1.807, 2.05) is 18.2 Å². The summed E-state index contributed by atoms with van der Waals surface area (Å²) in [6, 6.07) is 9.09. The van der Waals surface area contributed by atoms with Crippen molar-refractivity contribution < 1.29 is 19.4 Å². The van der Waals surface area contributed by atoms with E-state index in [1.54, 1.807) is 37.7 Å². The van der Waals surface area contributed by atoms with Gasteiger partial charge in [0.2, 0.25) is 5.91 Å². The van der Waals surface area contributed by atoms with Crippen molar-refractivity contribution in [3.8, 4) is 11.4 Å². The zero-order valence-electron chi connectivity index (χ0n) is 16.7. The van der Waals surface area contributed by atoms with Crippen molar-refractivity contribution in [2.75, 3.05) is 20.7 Å². The smallest absolute Gasteiger partial charge is 0.360 e. The summed E-state index contributed by atoms with van der Waals surface area (Å²) in [4.78, 5) is 27.5. The van der Waals surface area contributed by atoms with Gasteiger partial charge in [0.15, 0.2) is 16.6 Å². The molecule has 0 atom stereocenters. The molecule has 0 bridgehead atoms. The molecule has 0 aliphatic heterocycles. The van der Waals surface area contributed by atoms with Crippen LogP contribution in [0, 0.1) is 0 Å². The van der Waals surface area contributed by atoms with Gasteiger partial charge in [-0.05, 0) is 19.1 Å². The fourth-order valence-electron chi connectivity index (χ4n) is 2.41. The highest BCUT2D eigenvalue weighted by Crippen LogP contribution is 2.44. The van der Waals surface area contributed by atoms with Crippen LogP contribution in [-0.2, 0) is 9.53 Å². The second kappa shape index (κ2) is 10.0. The van der Waals surface area contributed by atoms with Crippen LogP contribution in [0.25, 0.3) is 16.6 Å². The molecule has 3 aromatic rings. The minimum absolute atomic E-state index is 0.0245. The zero-order valence-corrected chi connectivity index (χ0v) is 19.0. The van der Waals surface area contributed by atoms with Crippen molar-refractivity contribution >= 4 is 57.6 Å². The highest BCUT2D eigenvalue weighted by atomic mass is 35.5. The number of fused-ring (bicyclic) bond motifs is 1. The van der Waals surface area contributed by atoms with E-state index >= 15 is 0 Å². The monoisotopic (exact) mass is 471 g/mol. The molecule has 1 N–H and O–H groups in total. The Morgan fingerprint density at radius 3 is 2.23 bits per heavy atom. The quantitative estimate of drug-likeness (QED) is 0.430. The molecule has 0 fully saturated rings. The molecule has 1 amide bonds. The van der Waals surface area contributed by atoms with Crippen molar-refractivity contribution in [3.63, 3.8) is 0 Å². The van der Waals surface area contributed by atoms with Gasteiger partial charge in [-0.1, -0.05) is 53.0 Å². The Hall–Kier alpha value is -2.48. The predicted octanol–water partition coefficient (Wildman–Crippen LogP) is 4.96. The molecule has 3 rings (SSSR count). The second-order valence-electron chi connectivity index (χ2n) is 6.23. The highest BCUT2D eigenvalue weighted by molar-refractivity contribution is 6.47. The summed E-state index contributed by atoms with van der Waals surface area (Å²) in [7, 11) is 3.45. The lowest BCUT2D eigenvalue weighted by Gasteiger charge is -2.09. The minimum Gasteiger partial charge on any atom is -0.505 e. The summed E-state index contributed by atoms with van der Waals surface area (Å²) in [6.45, 7) is 3.31. The Bertz CT molecular complexity index is 1080. The first-order valence-electron chi connectivity index (χ1n) is 8.80. The topological polar surface area (TPSA) is 84.7 Å². The van der Waals surface area contributed by atoms with Crippen LogP contribution in [0.3, 0.4) is 0 Å². The molecule has 0 spiro atoms. The van der Waals surface area contributed by atoms with Crippen LogP contribution < -0.4 is 0 Å². The number of aromatic hydroxyl groups is 1. The molecule has 0 aliphatic carbocycles. The number of para-hydroxylation sites is 1. The number of hydrogen-bond donors (Lipinski definition) is 1. The lowest BCUT2D eigenvalue weighted by atomic mass is 10.2. The summed E-state index contributed by atoms with van der Waals surface area (Å²) >= 11 is 18.9. The molecule has 7 nitrogen and oxygen atoms in total. The van der Waals surface area contributed by atoms with Gasteiger partial charge in [-0.3, -0.25) is 9.36 Å². The number of benzene rings is 1. The van der Waals surface area contributed by atoms with Crippen LogP contribution in [0.5, 0.6) is 5.75 Å². The first-order chi connectivity index (χ1) is 14.1. The maximum Gasteiger partial charge on any atom is 0.360 e. The van der Waals surface area contributed by atoms with E-state index < -0.39 is 11.7 Å². The number of carbonyl (C=O) groups is 2. The van der Waals surface area contributed by atoms with Crippen molar-refractivity contribution in [2.45, 2.75) is 13.8 Å². The molecule has 30 heavy (non-hydrogen) atoms. The molecule has 0 radical (unpaired) electrons. The molecular weight excluding hydrogens is 453 g/mol. The molecule has 0 saturated heterocycles. The van der Waals surface area contributed by atoms with E-state index in [4.69, 9.17) is 39.5 Å². The zero-order chi connectivity index (χ0) is 22.6. The van der Waals surface area contributed by atoms with E-state index in [9.17, 15) is 14.7 Å². The molecule has 10 heteroatoms. The Kier molecular flexibility index (Phi) is 7.95. The van der Waals surface area contributed by atoms with Gasteiger partial charge in [-0.2, -0.15) is 0 Å². The van der Waals surface area contributed by atoms with Crippen LogP contribution >= 0.6 is 34.8 Å². The minimum atomic E-state index is -0.793. The fraction of sp³-hybridized carbons (Fsp3) is 0.250. The SMILES string of the molecule is CC(=O)N(C)C.CCOC(=O)c1nc(Cl)c2c(c1O)c(Cl)c(Cl)n2-c1ccccc1. The van der Waals surface area contributed by atoms with Crippen molar-refractivity contribution in [1.82, 2.24) is 14.5 Å². The van der Waals surface area contributed by atoms with Crippen molar-refractivity contribution in [1.29, 1.82) is 0 Å². The number of halogens is 3. The Labute approximate surface area is 188 Å². The van der Waals surface area contributed by atoms with Crippen LogP contribution in [0.1, 0.15) is 24.3 Å². The van der Waals surface area contributed by atoms with Gasteiger partial charge in [0.25, 0.3) is 0 Å². The highest BCUT2D eigenvalue weighted by Gasteiger charge is 2.27. The Morgan fingerprint density at radius 2 is 1.73 bits per heavy atom. The van der Waals surface area contributed by atoms with Crippen LogP contribution in [-0.4, -0.2) is 52.1 Å². The number of hydrogen-bond acceptors (Lipinski definition) is 5. The van der Waals surface area contributed by atoms with Gasteiger partial charge in [0.1, 0.15) is 5.15 Å². The number of carbonyl (C=O) groups excluding carboxylic acids is 2. The summed E-state index contributed by atoms with van der Waals surface area (Å²) in [5, 5.41) is 10.8. The fourth-order valence-corrected chi connectivity index (χ4v) is 3.21. The van der Waals surface area contributed by atoms with Gasteiger partial charge in [0.05, 0.1) is 22.5 Å². The largest absolute Gasteiger partial charge is 0.505 e. The van der Waals surface area contributed by atoms with E-state index in [0.29, 0.717) is 11.2 Å². The van der Waals surface area contributed by atoms with E-state index in [0.717, 1.165) is 0 Å². The maximum atomic E-state index is 11.9. The first-order valence-corrected chi connectivity index (χ1v) is 9.93. The van der Waals surface area contributed by atoms with Gasteiger partial charge in [-0.15, -0.1) is 0 Å². The molecule has 0 saturated carbocycles. The standard InChI is InChI=1S/C16H11Cl3N2O3.C4H9NO/c1-2-24-16(23)11-13(22)9-10(17)15(19)21(12(9)14(18)20-11)8-6-4-3-5-7-8;1-4(6)5(2)3/h3-7,22H,2H2,1H3;1-3H3. The van der Waals surface area contributed by atoms with Gasteiger partial charge >= 0.3 is 5.97 Å². The average Bonchev–Trinajstić information content (AvgIpc) is 2.98. The molecule has 0 unspecified atom stereocenters. The number of esters is 1. The molecule has 2 aromatic heterocycles. The maximum absolute atomic E-state index is 11.9. The summed E-state index contributed by atoms with van der Waals surface area (Å²) in [5.41, 5.74) is 0.688. The van der Waals surface area contributed by atoms with Gasteiger partial charge < -0.3 is 14.7 Å². The number of amides is 1. The number of rotatable bonds is 3. The number of aromatic nitrogens is 2. The number of ether oxygens (including phenoxy) is 1. The van der Waals surface area contributed by atoms with E-state index in [1.165, 1.54) is 11.8 Å². The second-order valence-corrected chi connectivity index (χ2v) is 7.33. The number of nitrogens with zero attached hydrogens (tertiary/aromatic N) is 3. The normalized spacial score (nSPS) is 10.4. The first kappa shape index (κ1) is 23.8. The predicted molar refractivity (Wildman–Crippen MR) is 118 cm³/mol. The lowest BCUT2D eigenvalue weighted by molar-refractivity contribution is -0.126. The van der Waals surface area contributed by atoms with Gasteiger partial charge in [0, 0.05) is 26.7 Å². The third kappa shape index (κ3) is 4.80.